The van der Waals surface area contributed by atoms with Crippen LogP contribution in [0.4, 0.5) is 4.39 Å². The third-order valence-corrected chi connectivity index (χ3v) is 0.313. The van der Waals surface area contributed by atoms with Gasteiger partial charge in [0.1, 0.15) is 0 Å². The number of hydrogen-bond donors (Lipinski definition) is 0. The van der Waals surface area contributed by atoms with Crippen LogP contribution in [0.15, 0.2) is 11.9 Å². The van der Waals surface area contributed by atoms with Crippen molar-refractivity contribution < 1.29 is 4.39 Å². The summed E-state index contributed by atoms with van der Waals surface area (Å²) in [4.78, 5) is 0. The Morgan fingerprint density at radius 3 is 2.20 bits per heavy atom. The van der Waals surface area contributed by atoms with Crippen molar-refractivity contribution in [3.8, 4) is 0 Å². The molecular formula is C4H6F. The standard InChI is InChI=1S/C4H6F/c1-3-4(2)5/h3H,2H2,1H3/b4-3+. The van der Waals surface area contributed by atoms with E-state index in [2.05, 4.69) is 6.92 Å². The van der Waals surface area contributed by atoms with Gasteiger partial charge in [-0.15, -0.1) is 0 Å². The number of hydrogen-bond acceptors (Lipinski definition) is 0. The molecule has 0 N–H and O–H groups in total. The summed E-state index contributed by atoms with van der Waals surface area (Å²) in [6, 6.07) is 0. The van der Waals surface area contributed by atoms with E-state index in [1.807, 2.05) is 0 Å². The minimum atomic E-state index is -0.370. The van der Waals surface area contributed by atoms with E-state index in [4.69, 9.17) is 0 Å². The number of halogens is 1. The van der Waals surface area contributed by atoms with Crippen molar-refractivity contribution in [2.45, 2.75) is 6.92 Å². The monoisotopic (exact) mass is 73.0 g/mol. The molecule has 0 heterocycles. The zero-order valence-electron chi connectivity index (χ0n) is 3.16. The van der Waals surface area contributed by atoms with E-state index in [0.29, 0.717) is 0 Å². The molecule has 0 saturated heterocycles. The van der Waals surface area contributed by atoms with Crippen LogP contribution in [0.5, 0.6) is 0 Å². The molecule has 0 aliphatic rings. The third-order valence-electron chi connectivity index (χ3n) is 0.313. The summed E-state index contributed by atoms with van der Waals surface area (Å²) in [5, 5.41) is 0. The van der Waals surface area contributed by atoms with Crippen molar-refractivity contribution in [1.82, 2.24) is 0 Å². The topological polar surface area (TPSA) is 0 Å². The van der Waals surface area contributed by atoms with E-state index >= 15 is 0 Å². The lowest BCUT2D eigenvalue weighted by molar-refractivity contribution is 0.663. The van der Waals surface area contributed by atoms with E-state index in [0.717, 1.165) is 0 Å². The van der Waals surface area contributed by atoms with Gasteiger partial charge in [-0.1, -0.05) is 6.08 Å². The summed E-state index contributed by atoms with van der Waals surface area (Å²) in [6.45, 7) is 4.55. The van der Waals surface area contributed by atoms with Gasteiger partial charge in [-0.3, -0.25) is 0 Å². The van der Waals surface area contributed by atoms with Crippen LogP contribution in [-0.2, 0) is 0 Å². The molecule has 0 aromatic rings. The normalized spacial score (nSPS) is 12.2. The molecule has 0 aliphatic heterocycles. The maximum Gasteiger partial charge on any atom is 0.0961 e. The van der Waals surface area contributed by atoms with Gasteiger partial charge in [-0.2, -0.15) is 0 Å². The first-order valence-corrected chi connectivity index (χ1v) is 1.41. The van der Waals surface area contributed by atoms with Crippen LogP contribution in [0.3, 0.4) is 0 Å². The second kappa shape index (κ2) is 1.94. The van der Waals surface area contributed by atoms with Crippen molar-refractivity contribution in [3.63, 3.8) is 0 Å². The summed E-state index contributed by atoms with van der Waals surface area (Å²) in [5.41, 5.74) is 0. The molecule has 0 bridgehead atoms. The largest absolute Gasteiger partial charge is 0.212 e. The second-order valence-electron chi connectivity index (χ2n) is 0.736. The van der Waals surface area contributed by atoms with Crippen molar-refractivity contribution in [3.05, 3.63) is 18.8 Å². The highest BCUT2D eigenvalue weighted by Gasteiger charge is 1.67. The lowest BCUT2D eigenvalue weighted by atomic mass is 10.6. The predicted molar refractivity (Wildman–Crippen MR) is 20.2 cm³/mol. The highest BCUT2D eigenvalue weighted by Crippen LogP contribution is 1.86. The fourth-order valence-electron chi connectivity index (χ4n) is 0. The van der Waals surface area contributed by atoms with Gasteiger partial charge < -0.3 is 0 Å². The summed E-state index contributed by atoms with van der Waals surface area (Å²) in [7, 11) is 0. The van der Waals surface area contributed by atoms with E-state index in [1.54, 1.807) is 6.92 Å². The van der Waals surface area contributed by atoms with Crippen LogP contribution in [0.25, 0.3) is 0 Å². The van der Waals surface area contributed by atoms with Gasteiger partial charge in [0, 0.05) is 6.92 Å². The quantitative estimate of drug-likeness (QED) is 0.409. The molecule has 0 atom stereocenters. The Morgan fingerprint density at radius 2 is 2.20 bits per heavy atom. The van der Waals surface area contributed by atoms with Gasteiger partial charge >= 0.3 is 0 Å². The van der Waals surface area contributed by atoms with Gasteiger partial charge in [0.15, 0.2) is 0 Å². The van der Waals surface area contributed by atoms with Gasteiger partial charge in [0.25, 0.3) is 0 Å². The molecule has 0 saturated carbocycles. The summed E-state index contributed by atoms with van der Waals surface area (Å²) in [5.74, 6) is -0.370. The van der Waals surface area contributed by atoms with Gasteiger partial charge in [-0.25, -0.2) is 4.39 Å². The van der Waals surface area contributed by atoms with Gasteiger partial charge in [0.2, 0.25) is 0 Å². The first-order valence-electron chi connectivity index (χ1n) is 1.41. The smallest absolute Gasteiger partial charge is 0.0961 e. The molecule has 29 valence electrons. The molecule has 0 aromatic heterocycles. The third kappa shape index (κ3) is 3.67. The van der Waals surface area contributed by atoms with Gasteiger partial charge in [0.05, 0.1) is 5.83 Å². The highest BCUT2D eigenvalue weighted by molar-refractivity contribution is 4.90. The van der Waals surface area contributed by atoms with Crippen LogP contribution in [0, 0.1) is 6.92 Å². The molecule has 1 heteroatoms. The van der Waals surface area contributed by atoms with Crippen LogP contribution in [-0.4, -0.2) is 0 Å². The van der Waals surface area contributed by atoms with Crippen molar-refractivity contribution in [2.75, 3.05) is 0 Å². The molecule has 0 nitrogen and oxygen atoms in total. The van der Waals surface area contributed by atoms with E-state index < -0.39 is 0 Å². The molecule has 5 heavy (non-hydrogen) atoms. The highest BCUT2D eigenvalue weighted by atomic mass is 19.1. The Balaban J connectivity index is 3.14. The molecule has 0 rings (SSSR count). The second-order valence-corrected chi connectivity index (χ2v) is 0.736. The molecule has 0 fully saturated rings. The fraction of sp³-hybridized carbons (Fsp3) is 0.250. The zero-order valence-corrected chi connectivity index (χ0v) is 3.16. The maximum absolute atomic E-state index is 11.2. The fourth-order valence-corrected chi connectivity index (χ4v) is 0. The Hall–Kier alpha value is -0.330. The average molecular weight is 73.1 g/mol. The lowest BCUT2D eigenvalue weighted by Gasteiger charge is -1.68. The van der Waals surface area contributed by atoms with Gasteiger partial charge in [-0.05, 0) is 6.92 Å². The molecule has 0 unspecified atom stereocenters. The van der Waals surface area contributed by atoms with E-state index in [1.165, 1.54) is 6.08 Å². The minimum absolute atomic E-state index is 0.370. The molecule has 0 aromatic carbocycles. The maximum atomic E-state index is 11.2. The Bertz CT molecular complexity index is 41.6. The van der Waals surface area contributed by atoms with Crippen LogP contribution >= 0.6 is 0 Å². The van der Waals surface area contributed by atoms with Crippen LogP contribution < -0.4 is 0 Å². The molecule has 0 amide bonds. The van der Waals surface area contributed by atoms with Crippen LogP contribution in [0.1, 0.15) is 6.92 Å². The Morgan fingerprint density at radius 1 is 2.00 bits per heavy atom. The predicted octanol–water partition coefficient (Wildman–Crippen LogP) is 1.69. The minimum Gasteiger partial charge on any atom is -0.212 e. The van der Waals surface area contributed by atoms with Crippen molar-refractivity contribution in [2.24, 2.45) is 0 Å². The molecule has 0 aliphatic carbocycles. The average Bonchev–Trinajstić information content (AvgIpc) is 1.38. The van der Waals surface area contributed by atoms with Crippen LogP contribution in [0.2, 0.25) is 0 Å². The molecule has 1 radical (unpaired) electrons. The number of allylic oxidation sites excluding steroid dienone is 2. The zero-order chi connectivity index (χ0) is 4.28. The first kappa shape index (κ1) is 4.67. The lowest BCUT2D eigenvalue weighted by Crippen LogP contribution is -1.49. The summed E-state index contributed by atoms with van der Waals surface area (Å²) >= 11 is 0. The summed E-state index contributed by atoms with van der Waals surface area (Å²) in [6.07, 6.45) is 1.31. The summed E-state index contributed by atoms with van der Waals surface area (Å²) < 4.78 is 11.2. The SMILES string of the molecule is [CH2]/C(F)=C\C. The van der Waals surface area contributed by atoms with Crippen molar-refractivity contribution in [1.29, 1.82) is 0 Å². The van der Waals surface area contributed by atoms with E-state index in [9.17, 15) is 4.39 Å². The molecular weight excluding hydrogens is 67.0 g/mol. The van der Waals surface area contributed by atoms with Crippen molar-refractivity contribution >= 4 is 0 Å². The first-order chi connectivity index (χ1) is 2.27. The number of rotatable bonds is 0. The Kier molecular flexibility index (Phi) is 1.81. The van der Waals surface area contributed by atoms with E-state index in [-0.39, 0.29) is 5.83 Å². The molecule has 0 spiro atoms. The Labute approximate surface area is 31.3 Å².